The van der Waals surface area contributed by atoms with Crippen molar-refractivity contribution in [1.29, 1.82) is 0 Å². The molecule has 0 atom stereocenters. The summed E-state index contributed by atoms with van der Waals surface area (Å²) in [7, 11) is 1.67. The quantitative estimate of drug-likeness (QED) is 0.500. The van der Waals surface area contributed by atoms with E-state index >= 15 is 0 Å². The summed E-state index contributed by atoms with van der Waals surface area (Å²) < 4.78 is 7.43. The number of thioether (sulfide) groups is 1. The number of nitrogens with zero attached hydrogens (tertiary/aromatic N) is 2. The van der Waals surface area contributed by atoms with Crippen LogP contribution < -0.4 is 4.74 Å². The highest BCUT2D eigenvalue weighted by atomic mass is 35.5. The van der Waals surface area contributed by atoms with E-state index in [4.69, 9.17) is 16.3 Å². The zero-order valence-corrected chi connectivity index (χ0v) is 16.1. The second-order valence-corrected chi connectivity index (χ2v) is 7.60. The molecule has 0 fully saturated rings. The summed E-state index contributed by atoms with van der Waals surface area (Å²) in [4.78, 5) is 4.66. The zero-order chi connectivity index (χ0) is 17.8. The number of ether oxygens (including phenoxy) is 1. The van der Waals surface area contributed by atoms with Crippen LogP contribution in [0.2, 0.25) is 5.02 Å². The lowest BCUT2D eigenvalue weighted by Crippen LogP contribution is -2.01. The average molecular weight is 373 g/mol. The van der Waals surface area contributed by atoms with Crippen LogP contribution in [0.3, 0.4) is 0 Å². The summed E-state index contributed by atoms with van der Waals surface area (Å²) in [6.45, 7) is 4.42. The van der Waals surface area contributed by atoms with Crippen molar-refractivity contribution in [2.75, 3.05) is 12.9 Å². The van der Waals surface area contributed by atoms with E-state index in [1.54, 1.807) is 18.9 Å². The highest BCUT2D eigenvalue weighted by Gasteiger charge is 2.15. The summed E-state index contributed by atoms with van der Waals surface area (Å²) in [6.07, 6.45) is 1.92. The third-order valence-corrected chi connectivity index (χ3v) is 5.34. The van der Waals surface area contributed by atoms with Gasteiger partial charge in [-0.1, -0.05) is 43.3 Å². The van der Waals surface area contributed by atoms with Crippen LogP contribution in [0.1, 0.15) is 13.8 Å². The Morgan fingerprint density at radius 3 is 2.56 bits per heavy atom. The monoisotopic (exact) mass is 372 g/mol. The molecule has 0 bridgehead atoms. The summed E-state index contributed by atoms with van der Waals surface area (Å²) in [6, 6.07) is 15.9. The second-order valence-electron chi connectivity index (χ2n) is 6.17. The molecule has 3 nitrogen and oxygen atoms in total. The molecule has 2 aromatic carbocycles. The molecular weight excluding hydrogens is 352 g/mol. The van der Waals surface area contributed by atoms with Crippen LogP contribution in [0.15, 0.2) is 59.9 Å². The van der Waals surface area contributed by atoms with Gasteiger partial charge < -0.3 is 4.74 Å². The molecule has 3 aromatic rings. The van der Waals surface area contributed by atoms with Gasteiger partial charge in [0.05, 0.1) is 19.0 Å². The summed E-state index contributed by atoms with van der Waals surface area (Å²) >= 11 is 7.99. The van der Waals surface area contributed by atoms with E-state index in [1.165, 1.54) is 0 Å². The van der Waals surface area contributed by atoms with Crippen LogP contribution in [0.4, 0.5) is 0 Å². The Hall–Kier alpha value is -1.91. The van der Waals surface area contributed by atoms with Gasteiger partial charge in [0.1, 0.15) is 5.75 Å². The molecule has 0 aliphatic rings. The van der Waals surface area contributed by atoms with Gasteiger partial charge in [-0.15, -0.1) is 0 Å². The first-order valence-corrected chi connectivity index (χ1v) is 9.55. The maximum Gasteiger partial charge on any atom is 0.173 e. The van der Waals surface area contributed by atoms with Crippen LogP contribution in [0.5, 0.6) is 5.75 Å². The number of aromatic nitrogens is 2. The van der Waals surface area contributed by atoms with Crippen molar-refractivity contribution in [3.05, 3.63) is 59.8 Å². The number of benzene rings is 2. The van der Waals surface area contributed by atoms with Crippen molar-refractivity contribution in [1.82, 2.24) is 9.55 Å². The number of rotatable bonds is 6. The maximum atomic E-state index is 6.22. The van der Waals surface area contributed by atoms with Crippen LogP contribution in [0.25, 0.3) is 16.9 Å². The van der Waals surface area contributed by atoms with Crippen molar-refractivity contribution in [2.24, 2.45) is 5.92 Å². The van der Waals surface area contributed by atoms with Crippen molar-refractivity contribution < 1.29 is 4.74 Å². The Labute approximate surface area is 158 Å². The van der Waals surface area contributed by atoms with Gasteiger partial charge in [-0.25, -0.2) is 4.98 Å². The maximum absolute atomic E-state index is 6.22. The molecule has 0 N–H and O–H groups in total. The molecule has 0 aliphatic carbocycles. The molecule has 1 heterocycles. The fourth-order valence-electron chi connectivity index (χ4n) is 2.51. The third-order valence-electron chi connectivity index (χ3n) is 3.73. The van der Waals surface area contributed by atoms with E-state index in [-0.39, 0.29) is 0 Å². The van der Waals surface area contributed by atoms with Gasteiger partial charge in [-0.05, 0) is 48.4 Å². The molecule has 0 saturated heterocycles. The Bertz CT molecular complexity index is 843. The van der Waals surface area contributed by atoms with Crippen molar-refractivity contribution >= 4 is 23.4 Å². The number of halogens is 1. The smallest absolute Gasteiger partial charge is 0.173 e. The molecule has 0 saturated carbocycles. The molecule has 25 heavy (non-hydrogen) atoms. The van der Waals surface area contributed by atoms with Crippen LogP contribution in [-0.2, 0) is 0 Å². The lowest BCUT2D eigenvalue weighted by atomic mass is 10.1. The molecular formula is C20H21ClN2OS. The molecule has 130 valence electrons. The van der Waals surface area contributed by atoms with E-state index < -0.39 is 0 Å². The topological polar surface area (TPSA) is 27.1 Å². The minimum absolute atomic E-state index is 0.596. The van der Waals surface area contributed by atoms with E-state index in [0.717, 1.165) is 33.6 Å². The molecule has 0 amide bonds. The SMILES string of the molecule is COc1ccc(-c2cnc(SCC(C)C)n2-c2cccc(Cl)c2)cc1. The molecule has 0 aliphatic heterocycles. The molecule has 1 aromatic heterocycles. The van der Waals surface area contributed by atoms with E-state index in [2.05, 4.69) is 29.5 Å². The zero-order valence-electron chi connectivity index (χ0n) is 14.6. The van der Waals surface area contributed by atoms with Crippen LogP contribution >= 0.6 is 23.4 Å². The minimum atomic E-state index is 0.596. The summed E-state index contributed by atoms with van der Waals surface area (Å²) in [5, 5.41) is 1.69. The number of imidazole rings is 1. The van der Waals surface area contributed by atoms with E-state index in [9.17, 15) is 0 Å². The van der Waals surface area contributed by atoms with Gasteiger partial charge in [0, 0.05) is 22.0 Å². The first-order valence-electron chi connectivity index (χ1n) is 8.19. The van der Waals surface area contributed by atoms with Crippen molar-refractivity contribution in [3.63, 3.8) is 0 Å². The largest absolute Gasteiger partial charge is 0.497 e. The van der Waals surface area contributed by atoms with E-state index in [1.807, 2.05) is 48.7 Å². The molecule has 5 heteroatoms. The van der Waals surface area contributed by atoms with Gasteiger partial charge in [-0.3, -0.25) is 4.57 Å². The summed E-state index contributed by atoms with van der Waals surface area (Å²) in [5.41, 5.74) is 3.14. The van der Waals surface area contributed by atoms with Gasteiger partial charge in [0.25, 0.3) is 0 Å². The van der Waals surface area contributed by atoms with Crippen LogP contribution in [-0.4, -0.2) is 22.4 Å². The summed E-state index contributed by atoms with van der Waals surface area (Å²) in [5.74, 6) is 2.45. The van der Waals surface area contributed by atoms with Gasteiger partial charge >= 0.3 is 0 Å². The Kier molecular flexibility index (Phi) is 5.71. The number of methoxy groups -OCH3 is 1. The lowest BCUT2D eigenvalue weighted by Gasteiger charge is -2.13. The number of hydrogen-bond donors (Lipinski definition) is 0. The lowest BCUT2D eigenvalue weighted by molar-refractivity contribution is 0.415. The van der Waals surface area contributed by atoms with Gasteiger partial charge in [0.2, 0.25) is 0 Å². The average Bonchev–Trinajstić information content (AvgIpc) is 3.04. The standard InChI is InChI=1S/C20H21ClN2OS/c1-14(2)13-25-20-22-12-19(15-7-9-18(24-3)10-8-15)23(20)17-6-4-5-16(21)11-17/h4-12,14H,13H2,1-3H3. The minimum Gasteiger partial charge on any atom is -0.497 e. The molecule has 0 spiro atoms. The Balaban J connectivity index is 2.08. The predicted molar refractivity (Wildman–Crippen MR) is 106 cm³/mol. The first kappa shape index (κ1) is 17.9. The Morgan fingerprint density at radius 2 is 1.92 bits per heavy atom. The fraction of sp³-hybridized carbons (Fsp3) is 0.250. The third kappa shape index (κ3) is 4.20. The van der Waals surface area contributed by atoms with Crippen LogP contribution in [0, 0.1) is 5.92 Å². The molecule has 0 unspecified atom stereocenters. The predicted octanol–water partition coefficient (Wildman–Crippen LogP) is 5.95. The van der Waals surface area contributed by atoms with Crippen molar-refractivity contribution in [2.45, 2.75) is 19.0 Å². The van der Waals surface area contributed by atoms with Crippen molar-refractivity contribution in [3.8, 4) is 22.7 Å². The molecule has 0 radical (unpaired) electrons. The number of hydrogen-bond acceptors (Lipinski definition) is 3. The second kappa shape index (κ2) is 7.98. The highest BCUT2D eigenvalue weighted by Crippen LogP contribution is 2.32. The fourth-order valence-corrected chi connectivity index (χ4v) is 3.64. The Morgan fingerprint density at radius 1 is 1.16 bits per heavy atom. The highest BCUT2D eigenvalue weighted by molar-refractivity contribution is 7.99. The molecule has 3 rings (SSSR count). The van der Waals surface area contributed by atoms with Gasteiger partial charge in [0.15, 0.2) is 5.16 Å². The normalized spacial score (nSPS) is 11.1. The first-order chi connectivity index (χ1) is 12.1. The van der Waals surface area contributed by atoms with E-state index in [0.29, 0.717) is 10.9 Å². The van der Waals surface area contributed by atoms with Gasteiger partial charge in [-0.2, -0.15) is 0 Å².